The molecule has 1 heterocycles. The zero-order valence-electron chi connectivity index (χ0n) is 14.1. The van der Waals surface area contributed by atoms with Crippen molar-refractivity contribution in [2.75, 3.05) is 0 Å². The predicted octanol–water partition coefficient (Wildman–Crippen LogP) is 2.86. The number of carbonyl (C=O) groups excluding carboxylic acids is 1. The van der Waals surface area contributed by atoms with E-state index in [2.05, 4.69) is 10.4 Å². The van der Waals surface area contributed by atoms with Gasteiger partial charge in [0, 0.05) is 19.2 Å². The molecule has 0 saturated carbocycles. The SMILES string of the molecule is CC(C)Cn1cc(C(F)F)c(C(=O)NC2c3ccccc3CC2O)n1. The summed E-state index contributed by atoms with van der Waals surface area (Å²) in [6.07, 6.45) is -1.93. The van der Waals surface area contributed by atoms with Crippen LogP contribution in [-0.2, 0) is 13.0 Å². The van der Waals surface area contributed by atoms with Crippen LogP contribution in [0, 0.1) is 5.92 Å². The van der Waals surface area contributed by atoms with Crippen LogP contribution in [0.25, 0.3) is 0 Å². The van der Waals surface area contributed by atoms with Crippen LogP contribution in [0.15, 0.2) is 30.5 Å². The molecular formula is C18H21F2N3O2. The number of amides is 1. The van der Waals surface area contributed by atoms with Gasteiger partial charge in [-0.05, 0) is 17.0 Å². The van der Waals surface area contributed by atoms with E-state index in [9.17, 15) is 18.7 Å². The molecular weight excluding hydrogens is 328 g/mol. The summed E-state index contributed by atoms with van der Waals surface area (Å²) in [4.78, 5) is 12.5. The van der Waals surface area contributed by atoms with Crippen molar-refractivity contribution in [2.24, 2.45) is 5.92 Å². The summed E-state index contributed by atoms with van der Waals surface area (Å²) in [5, 5.41) is 16.9. The number of aliphatic hydroxyl groups is 1. The Hall–Kier alpha value is -2.28. The van der Waals surface area contributed by atoms with Gasteiger partial charge in [0.2, 0.25) is 0 Å². The third-order valence-electron chi connectivity index (χ3n) is 4.28. The quantitative estimate of drug-likeness (QED) is 0.872. The van der Waals surface area contributed by atoms with Crippen LogP contribution in [0.3, 0.4) is 0 Å². The van der Waals surface area contributed by atoms with Crippen LogP contribution in [0.4, 0.5) is 8.78 Å². The van der Waals surface area contributed by atoms with Crippen molar-refractivity contribution < 1.29 is 18.7 Å². The molecule has 0 radical (unpaired) electrons. The Morgan fingerprint density at radius 3 is 2.80 bits per heavy atom. The summed E-state index contributed by atoms with van der Waals surface area (Å²) in [6, 6.07) is 6.76. The van der Waals surface area contributed by atoms with E-state index in [0.717, 1.165) is 11.1 Å². The first-order chi connectivity index (χ1) is 11.9. The van der Waals surface area contributed by atoms with Gasteiger partial charge in [-0.15, -0.1) is 0 Å². The van der Waals surface area contributed by atoms with Gasteiger partial charge in [0.15, 0.2) is 5.69 Å². The number of carbonyl (C=O) groups is 1. The van der Waals surface area contributed by atoms with E-state index in [1.54, 1.807) is 0 Å². The lowest BCUT2D eigenvalue weighted by Crippen LogP contribution is -2.34. The average molecular weight is 349 g/mol. The fraction of sp³-hybridized carbons (Fsp3) is 0.444. The third kappa shape index (κ3) is 3.56. The molecule has 0 aliphatic heterocycles. The number of rotatable bonds is 5. The van der Waals surface area contributed by atoms with Gasteiger partial charge in [0.1, 0.15) is 0 Å². The minimum absolute atomic E-state index is 0.213. The third-order valence-corrected chi connectivity index (χ3v) is 4.28. The van der Waals surface area contributed by atoms with Crippen molar-refractivity contribution in [3.63, 3.8) is 0 Å². The first-order valence-corrected chi connectivity index (χ1v) is 8.29. The molecule has 0 bridgehead atoms. The molecule has 25 heavy (non-hydrogen) atoms. The number of halogens is 2. The molecule has 1 aliphatic rings. The van der Waals surface area contributed by atoms with Gasteiger partial charge in [-0.2, -0.15) is 5.10 Å². The molecule has 2 atom stereocenters. The first kappa shape index (κ1) is 17.5. The fourth-order valence-electron chi connectivity index (χ4n) is 3.20. The Bertz CT molecular complexity index is 773. The van der Waals surface area contributed by atoms with Gasteiger partial charge < -0.3 is 10.4 Å². The highest BCUT2D eigenvalue weighted by molar-refractivity contribution is 5.94. The number of alkyl halides is 2. The molecule has 134 valence electrons. The van der Waals surface area contributed by atoms with E-state index in [0.29, 0.717) is 13.0 Å². The minimum Gasteiger partial charge on any atom is -0.390 e. The molecule has 0 spiro atoms. The lowest BCUT2D eigenvalue weighted by atomic mass is 10.1. The Morgan fingerprint density at radius 1 is 1.40 bits per heavy atom. The smallest absolute Gasteiger partial charge is 0.272 e. The average Bonchev–Trinajstić information content (AvgIpc) is 3.09. The summed E-state index contributed by atoms with van der Waals surface area (Å²) in [5.74, 6) is -0.483. The highest BCUT2D eigenvalue weighted by Gasteiger charge is 2.33. The van der Waals surface area contributed by atoms with Crippen molar-refractivity contribution in [3.05, 3.63) is 52.8 Å². The van der Waals surface area contributed by atoms with Crippen molar-refractivity contribution >= 4 is 5.91 Å². The Labute approximate surface area is 144 Å². The van der Waals surface area contributed by atoms with Crippen molar-refractivity contribution in [3.8, 4) is 0 Å². The predicted molar refractivity (Wildman–Crippen MR) is 88.4 cm³/mol. The van der Waals surface area contributed by atoms with E-state index < -0.39 is 24.5 Å². The number of hydrogen-bond donors (Lipinski definition) is 2. The lowest BCUT2D eigenvalue weighted by molar-refractivity contribution is 0.0842. The van der Waals surface area contributed by atoms with Crippen LogP contribution in [0.2, 0.25) is 0 Å². The maximum Gasteiger partial charge on any atom is 0.272 e. The monoisotopic (exact) mass is 349 g/mol. The standard InChI is InChI=1S/C18H21F2N3O2/c1-10(2)8-23-9-13(17(19)20)16(22-23)18(25)21-15-12-6-4-3-5-11(12)7-14(15)24/h3-6,9-10,14-15,17,24H,7-8H2,1-2H3,(H,21,25). The van der Waals surface area contributed by atoms with Crippen LogP contribution < -0.4 is 5.32 Å². The maximum atomic E-state index is 13.3. The number of hydrogen-bond acceptors (Lipinski definition) is 3. The van der Waals surface area contributed by atoms with Crippen LogP contribution in [0.1, 0.15) is 53.5 Å². The summed E-state index contributed by atoms with van der Waals surface area (Å²) in [7, 11) is 0. The van der Waals surface area contributed by atoms with Crippen molar-refractivity contribution in [1.29, 1.82) is 0 Å². The van der Waals surface area contributed by atoms with Crippen LogP contribution in [-0.4, -0.2) is 26.9 Å². The van der Waals surface area contributed by atoms with E-state index in [1.807, 2.05) is 38.1 Å². The van der Waals surface area contributed by atoms with Gasteiger partial charge in [-0.1, -0.05) is 38.1 Å². The largest absolute Gasteiger partial charge is 0.390 e. The molecule has 0 fully saturated rings. The van der Waals surface area contributed by atoms with Crippen molar-refractivity contribution in [2.45, 2.75) is 45.4 Å². The zero-order chi connectivity index (χ0) is 18.1. The molecule has 2 aromatic rings. The minimum atomic E-state index is -2.79. The Balaban J connectivity index is 1.85. The molecule has 1 aromatic heterocycles. The van der Waals surface area contributed by atoms with Gasteiger partial charge in [-0.25, -0.2) is 8.78 Å². The van der Waals surface area contributed by atoms with Gasteiger partial charge in [0.25, 0.3) is 12.3 Å². The second-order valence-electron chi connectivity index (χ2n) is 6.77. The van der Waals surface area contributed by atoms with Crippen molar-refractivity contribution in [1.82, 2.24) is 15.1 Å². The van der Waals surface area contributed by atoms with Gasteiger partial charge in [0.05, 0.1) is 17.7 Å². The highest BCUT2D eigenvalue weighted by Crippen LogP contribution is 2.32. The molecule has 7 heteroatoms. The molecule has 2 N–H and O–H groups in total. The van der Waals surface area contributed by atoms with Gasteiger partial charge >= 0.3 is 0 Å². The summed E-state index contributed by atoms with van der Waals surface area (Å²) < 4.78 is 27.9. The topological polar surface area (TPSA) is 67.2 Å². The second-order valence-corrected chi connectivity index (χ2v) is 6.77. The Kier molecular flexibility index (Phi) is 4.85. The zero-order valence-corrected chi connectivity index (χ0v) is 14.1. The maximum absolute atomic E-state index is 13.3. The van der Waals surface area contributed by atoms with E-state index in [1.165, 1.54) is 10.9 Å². The van der Waals surface area contributed by atoms with Crippen LogP contribution >= 0.6 is 0 Å². The number of aromatic nitrogens is 2. The number of nitrogens with one attached hydrogen (secondary N) is 1. The second kappa shape index (κ2) is 6.92. The summed E-state index contributed by atoms with van der Waals surface area (Å²) in [6.45, 7) is 4.33. The van der Waals surface area contributed by atoms with Gasteiger partial charge in [-0.3, -0.25) is 9.48 Å². The summed E-state index contributed by atoms with van der Waals surface area (Å²) in [5.41, 5.74) is 1.08. The number of fused-ring (bicyclic) bond motifs is 1. The fourth-order valence-corrected chi connectivity index (χ4v) is 3.20. The molecule has 1 aliphatic carbocycles. The molecule has 1 amide bonds. The van der Waals surface area contributed by atoms with Crippen LogP contribution in [0.5, 0.6) is 0 Å². The van der Waals surface area contributed by atoms with E-state index >= 15 is 0 Å². The molecule has 0 saturated heterocycles. The Morgan fingerprint density at radius 2 is 2.12 bits per heavy atom. The molecule has 1 aromatic carbocycles. The lowest BCUT2D eigenvalue weighted by Gasteiger charge is -2.17. The number of aliphatic hydroxyl groups excluding tert-OH is 1. The summed E-state index contributed by atoms with van der Waals surface area (Å²) >= 11 is 0. The van der Waals surface area contributed by atoms with E-state index in [-0.39, 0.29) is 17.2 Å². The number of benzene rings is 1. The normalized spacial score (nSPS) is 19.5. The molecule has 3 rings (SSSR count). The first-order valence-electron chi connectivity index (χ1n) is 8.29. The van der Waals surface area contributed by atoms with E-state index in [4.69, 9.17) is 0 Å². The molecule has 5 nitrogen and oxygen atoms in total. The highest BCUT2D eigenvalue weighted by atomic mass is 19.3. The number of nitrogens with zero attached hydrogens (tertiary/aromatic N) is 2. The molecule has 2 unspecified atom stereocenters.